The molecule has 2 aromatic heterocycles. The van der Waals surface area contributed by atoms with E-state index in [1.807, 2.05) is 0 Å². The molecule has 4 rings (SSSR count). The Morgan fingerprint density at radius 3 is 2.71 bits per heavy atom. The first-order chi connectivity index (χ1) is 14.9. The van der Waals surface area contributed by atoms with Crippen LogP contribution < -0.4 is 20.7 Å². The summed E-state index contributed by atoms with van der Waals surface area (Å²) in [7, 11) is 3.28. The van der Waals surface area contributed by atoms with Gasteiger partial charge in [-0.2, -0.15) is 5.10 Å². The summed E-state index contributed by atoms with van der Waals surface area (Å²) in [5.74, 6) is -0.466. The highest BCUT2D eigenvalue weighted by Crippen LogP contribution is 2.42. The molecule has 0 unspecified atom stereocenters. The summed E-state index contributed by atoms with van der Waals surface area (Å²) >= 11 is 0. The van der Waals surface area contributed by atoms with E-state index >= 15 is 0 Å². The number of hydrogen-bond acceptors (Lipinski definition) is 5. The Morgan fingerprint density at radius 1 is 1.19 bits per heavy atom. The number of halogens is 1. The maximum Gasteiger partial charge on any atom is 0.323 e. The number of nitrogens with one attached hydrogen (secondary N) is 3. The van der Waals surface area contributed by atoms with E-state index in [0.29, 0.717) is 11.6 Å². The smallest absolute Gasteiger partial charge is 0.323 e. The number of carbonyl (C=O) groups excluding carboxylic acids is 2. The lowest BCUT2D eigenvalue weighted by Gasteiger charge is -2.11. The lowest BCUT2D eigenvalue weighted by atomic mass is 10.2. The van der Waals surface area contributed by atoms with Crippen LogP contribution in [0.4, 0.5) is 20.6 Å². The van der Waals surface area contributed by atoms with Crippen molar-refractivity contribution >= 4 is 23.3 Å². The number of ether oxygens (including phenoxy) is 1. The molecule has 1 aromatic carbocycles. The standard InChI is InChI=1S/C21H21FN6O3/c1-23-20(29)16-10-14(7-8-24-16)31-18-6-5-13(9-15(18)22)25-21(30)26-17-11-28(2)27-19(17)12-3-4-12/h5-12H,3-4H2,1-2H3,(H,23,29)(H2,25,26,30). The van der Waals surface area contributed by atoms with Crippen LogP contribution in [-0.4, -0.2) is 33.8 Å². The number of aromatic nitrogens is 3. The summed E-state index contributed by atoms with van der Waals surface area (Å²) in [5, 5.41) is 12.2. The lowest BCUT2D eigenvalue weighted by molar-refractivity contribution is 0.0958. The van der Waals surface area contributed by atoms with E-state index in [2.05, 4.69) is 26.0 Å². The van der Waals surface area contributed by atoms with Crippen LogP contribution in [-0.2, 0) is 7.05 Å². The molecular weight excluding hydrogens is 403 g/mol. The molecule has 3 N–H and O–H groups in total. The van der Waals surface area contributed by atoms with Crippen LogP contribution >= 0.6 is 0 Å². The van der Waals surface area contributed by atoms with Crippen molar-refractivity contribution in [1.29, 1.82) is 0 Å². The van der Waals surface area contributed by atoms with Crippen LogP contribution in [0.3, 0.4) is 0 Å². The third kappa shape index (κ3) is 4.80. The van der Waals surface area contributed by atoms with Crippen LogP contribution in [0.5, 0.6) is 11.5 Å². The minimum atomic E-state index is -0.670. The summed E-state index contributed by atoms with van der Waals surface area (Å²) < 4.78 is 21.7. The van der Waals surface area contributed by atoms with Crippen LogP contribution in [0.15, 0.2) is 42.7 Å². The molecule has 9 nitrogen and oxygen atoms in total. The summed E-state index contributed by atoms with van der Waals surface area (Å²) in [6, 6.07) is 6.49. The maximum absolute atomic E-state index is 14.5. The van der Waals surface area contributed by atoms with E-state index in [1.165, 1.54) is 37.5 Å². The molecule has 0 bridgehead atoms. The van der Waals surface area contributed by atoms with Crippen LogP contribution in [0, 0.1) is 5.82 Å². The molecule has 1 aliphatic rings. The fraction of sp³-hybridized carbons (Fsp3) is 0.238. The van der Waals surface area contributed by atoms with Crippen molar-refractivity contribution in [3.8, 4) is 11.5 Å². The Labute approximate surface area is 177 Å². The third-order valence-electron chi connectivity index (χ3n) is 4.68. The molecule has 0 radical (unpaired) electrons. The van der Waals surface area contributed by atoms with Crippen LogP contribution in [0.25, 0.3) is 0 Å². The van der Waals surface area contributed by atoms with E-state index in [4.69, 9.17) is 4.74 Å². The summed E-state index contributed by atoms with van der Waals surface area (Å²) in [4.78, 5) is 27.9. The third-order valence-corrected chi connectivity index (χ3v) is 4.68. The Hall–Kier alpha value is -3.95. The van der Waals surface area contributed by atoms with Gasteiger partial charge in [0.15, 0.2) is 11.6 Å². The Balaban J connectivity index is 1.42. The largest absolute Gasteiger partial charge is 0.454 e. The molecule has 10 heteroatoms. The van der Waals surface area contributed by atoms with Gasteiger partial charge in [0.05, 0.1) is 11.4 Å². The second-order valence-electron chi connectivity index (χ2n) is 7.16. The van der Waals surface area contributed by atoms with E-state index < -0.39 is 11.8 Å². The predicted octanol–water partition coefficient (Wildman–Crippen LogP) is 3.63. The molecule has 1 aliphatic carbocycles. The molecule has 3 aromatic rings. The predicted molar refractivity (Wildman–Crippen MR) is 112 cm³/mol. The number of pyridine rings is 1. The van der Waals surface area contributed by atoms with Crippen LogP contribution in [0.2, 0.25) is 0 Å². The SMILES string of the molecule is CNC(=O)c1cc(Oc2ccc(NC(=O)Nc3cn(C)nc3C3CC3)cc2F)ccn1. The van der Waals surface area contributed by atoms with Gasteiger partial charge in [-0.05, 0) is 31.0 Å². The van der Waals surface area contributed by atoms with Gasteiger partial charge in [0.2, 0.25) is 0 Å². The van der Waals surface area contributed by atoms with E-state index in [1.54, 1.807) is 17.9 Å². The molecular formula is C21H21FN6O3. The molecule has 0 spiro atoms. The van der Waals surface area contributed by atoms with Crippen molar-refractivity contribution < 1.29 is 18.7 Å². The first-order valence-electron chi connectivity index (χ1n) is 9.70. The van der Waals surface area contributed by atoms with Gasteiger partial charge in [0, 0.05) is 50.2 Å². The van der Waals surface area contributed by atoms with Crippen LogP contribution in [0.1, 0.15) is 34.9 Å². The van der Waals surface area contributed by atoms with Crippen molar-refractivity contribution in [2.24, 2.45) is 7.05 Å². The fourth-order valence-corrected chi connectivity index (χ4v) is 3.06. The Kier molecular flexibility index (Phi) is 5.52. The van der Waals surface area contributed by atoms with Gasteiger partial charge in [-0.1, -0.05) is 0 Å². The van der Waals surface area contributed by atoms with Crippen molar-refractivity contribution in [1.82, 2.24) is 20.1 Å². The number of carbonyl (C=O) groups is 2. The zero-order valence-electron chi connectivity index (χ0n) is 17.0. The number of urea groups is 1. The Bertz CT molecular complexity index is 1140. The summed E-state index contributed by atoms with van der Waals surface area (Å²) in [6.07, 6.45) is 5.25. The highest BCUT2D eigenvalue weighted by Gasteiger charge is 2.29. The van der Waals surface area contributed by atoms with Crippen molar-refractivity contribution in [3.05, 3.63) is 59.9 Å². The average Bonchev–Trinajstić information content (AvgIpc) is 3.52. The molecule has 1 saturated carbocycles. The minimum Gasteiger partial charge on any atom is -0.454 e. The molecule has 1 fully saturated rings. The van der Waals surface area contributed by atoms with E-state index in [9.17, 15) is 14.0 Å². The highest BCUT2D eigenvalue weighted by atomic mass is 19.1. The van der Waals surface area contributed by atoms with Gasteiger partial charge in [0.1, 0.15) is 11.4 Å². The maximum atomic E-state index is 14.5. The molecule has 31 heavy (non-hydrogen) atoms. The van der Waals surface area contributed by atoms with E-state index in [-0.39, 0.29) is 28.8 Å². The van der Waals surface area contributed by atoms with Crippen molar-refractivity contribution in [3.63, 3.8) is 0 Å². The van der Waals surface area contributed by atoms with Gasteiger partial charge >= 0.3 is 6.03 Å². The first kappa shape index (κ1) is 20.3. The Morgan fingerprint density at radius 2 is 2.00 bits per heavy atom. The zero-order chi connectivity index (χ0) is 22.0. The normalized spacial score (nSPS) is 12.9. The zero-order valence-corrected chi connectivity index (χ0v) is 17.0. The molecule has 0 saturated heterocycles. The number of nitrogens with zero attached hydrogens (tertiary/aromatic N) is 3. The van der Waals surface area contributed by atoms with Gasteiger partial charge in [-0.15, -0.1) is 0 Å². The van der Waals surface area contributed by atoms with Crippen molar-refractivity contribution in [2.45, 2.75) is 18.8 Å². The average molecular weight is 424 g/mol. The quantitative estimate of drug-likeness (QED) is 0.560. The topological polar surface area (TPSA) is 110 Å². The monoisotopic (exact) mass is 424 g/mol. The van der Waals surface area contributed by atoms with Gasteiger partial charge in [0.25, 0.3) is 5.91 Å². The highest BCUT2D eigenvalue weighted by molar-refractivity contribution is 6.00. The first-order valence-corrected chi connectivity index (χ1v) is 9.70. The lowest BCUT2D eigenvalue weighted by Crippen LogP contribution is -2.20. The molecule has 3 amide bonds. The summed E-state index contributed by atoms with van der Waals surface area (Å²) in [5.41, 5.74) is 1.92. The second-order valence-corrected chi connectivity index (χ2v) is 7.16. The number of hydrogen-bond donors (Lipinski definition) is 3. The second kappa shape index (κ2) is 8.42. The molecule has 160 valence electrons. The fourth-order valence-electron chi connectivity index (χ4n) is 3.06. The van der Waals surface area contributed by atoms with Gasteiger partial charge in [-0.25, -0.2) is 9.18 Å². The number of amides is 3. The van der Waals surface area contributed by atoms with Gasteiger partial charge < -0.3 is 20.7 Å². The molecule has 0 atom stereocenters. The number of benzene rings is 1. The van der Waals surface area contributed by atoms with E-state index in [0.717, 1.165) is 24.6 Å². The molecule has 0 aliphatic heterocycles. The minimum absolute atomic E-state index is 0.0525. The summed E-state index contributed by atoms with van der Waals surface area (Å²) in [6.45, 7) is 0. The number of aryl methyl sites for hydroxylation is 1. The number of rotatable bonds is 6. The molecule has 2 heterocycles. The van der Waals surface area contributed by atoms with Gasteiger partial charge in [-0.3, -0.25) is 14.5 Å². The number of anilines is 2. The van der Waals surface area contributed by atoms with Crippen molar-refractivity contribution in [2.75, 3.05) is 17.7 Å².